The van der Waals surface area contributed by atoms with Gasteiger partial charge in [0, 0.05) is 0 Å². The SMILES string of the molecule is CCOP(=O)(OCC)C1(N)CCC1. The van der Waals surface area contributed by atoms with Crippen molar-refractivity contribution in [3.05, 3.63) is 0 Å². The summed E-state index contributed by atoms with van der Waals surface area (Å²) in [6.45, 7) is 4.37. The fourth-order valence-electron chi connectivity index (χ4n) is 1.45. The highest BCUT2D eigenvalue weighted by atomic mass is 31.2. The van der Waals surface area contributed by atoms with Crippen molar-refractivity contribution in [3.63, 3.8) is 0 Å². The van der Waals surface area contributed by atoms with Crippen LogP contribution in [0.1, 0.15) is 33.1 Å². The highest BCUT2D eigenvalue weighted by molar-refractivity contribution is 7.55. The Labute approximate surface area is 79.3 Å². The molecule has 1 rings (SSSR count). The smallest absolute Gasteiger partial charge is 0.315 e. The Morgan fingerprint density at radius 2 is 1.77 bits per heavy atom. The van der Waals surface area contributed by atoms with E-state index in [-0.39, 0.29) is 0 Å². The van der Waals surface area contributed by atoms with Gasteiger partial charge in [-0.3, -0.25) is 4.57 Å². The van der Waals surface area contributed by atoms with E-state index < -0.39 is 12.9 Å². The number of rotatable bonds is 5. The molecule has 0 amide bonds. The van der Waals surface area contributed by atoms with Gasteiger partial charge in [0.1, 0.15) is 5.28 Å². The van der Waals surface area contributed by atoms with Gasteiger partial charge >= 0.3 is 7.60 Å². The first-order valence-electron chi connectivity index (χ1n) is 4.76. The molecule has 0 saturated heterocycles. The second-order valence-corrected chi connectivity index (χ2v) is 5.69. The third-order valence-corrected chi connectivity index (χ3v) is 5.10. The predicted molar refractivity (Wildman–Crippen MR) is 51.6 cm³/mol. The lowest BCUT2D eigenvalue weighted by Crippen LogP contribution is -2.47. The number of nitrogens with two attached hydrogens (primary N) is 1. The van der Waals surface area contributed by atoms with Crippen molar-refractivity contribution < 1.29 is 13.6 Å². The molecule has 0 aromatic carbocycles. The van der Waals surface area contributed by atoms with Gasteiger partial charge in [0.25, 0.3) is 0 Å². The average molecular weight is 207 g/mol. The van der Waals surface area contributed by atoms with E-state index in [1.165, 1.54) is 0 Å². The van der Waals surface area contributed by atoms with E-state index in [4.69, 9.17) is 14.8 Å². The average Bonchev–Trinajstić information content (AvgIpc) is 2.01. The summed E-state index contributed by atoms with van der Waals surface area (Å²) in [4.78, 5) is 0. The minimum Gasteiger partial charge on any atom is -0.315 e. The lowest BCUT2D eigenvalue weighted by atomic mass is 9.93. The summed E-state index contributed by atoms with van der Waals surface area (Å²) in [5.41, 5.74) is 5.94. The summed E-state index contributed by atoms with van der Waals surface area (Å²) >= 11 is 0. The number of hydrogen-bond acceptors (Lipinski definition) is 4. The summed E-state index contributed by atoms with van der Waals surface area (Å²) in [6.07, 6.45) is 2.50. The van der Waals surface area contributed by atoms with Crippen LogP contribution < -0.4 is 5.73 Å². The van der Waals surface area contributed by atoms with E-state index in [9.17, 15) is 4.57 Å². The summed E-state index contributed by atoms with van der Waals surface area (Å²) in [6, 6.07) is 0. The third-order valence-electron chi connectivity index (χ3n) is 2.36. The van der Waals surface area contributed by atoms with E-state index in [0.29, 0.717) is 13.2 Å². The second kappa shape index (κ2) is 4.09. The molecule has 0 bridgehead atoms. The van der Waals surface area contributed by atoms with Crippen LogP contribution in [0.3, 0.4) is 0 Å². The minimum atomic E-state index is -3.06. The van der Waals surface area contributed by atoms with Gasteiger partial charge in [0.15, 0.2) is 0 Å². The first kappa shape index (κ1) is 11.2. The van der Waals surface area contributed by atoms with E-state index in [1.807, 2.05) is 0 Å². The molecule has 4 nitrogen and oxygen atoms in total. The van der Waals surface area contributed by atoms with Gasteiger partial charge in [-0.2, -0.15) is 0 Å². The molecule has 1 aliphatic carbocycles. The molecule has 0 aliphatic heterocycles. The molecular formula is C8H18NO3P. The van der Waals surface area contributed by atoms with Crippen LogP contribution in [0.25, 0.3) is 0 Å². The van der Waals surface area contributed by atoms with Gasteiger partial charge < -0.3 is 14.8 Å². The van der Waals surface area contributed by atoms with Crippen LogP contribution in [-0.4, -0.2) is 18.5 Å². The molecule has 0 aromatic heterocycles. The van der Waals surface area contributed by atoms with Crippen LogP contribution in [0.4, 0.5) is 0 Å². The van der Waals surface area contributed by atoms with Crippen molar-refractivity contribution in [3.8, 4) is 0 Å². The zero-order valence-corrected chi connectivity index (χ0v) is 9.18. The van der Waals surface area contributed by atoms with Gasteiger partial charge in [0.2, 0.25) is 0 Å². The lowest BCUT2D eigenvalue weighted by Gasteiger charge is -2.42. The maximum atomic E-state index is 12.1. The van der Waals surface area contributed by atoms with Crippen LogP contribution in [-0.2, 0) is 13.6 Å². The second-order valence-electron chi connectivity index (χ2n) is 3.29. The van der Waals surface area contributed by atoms with Crippen molar-refractivity contribution >= 4 is 7.60 Å². The molecule has 1 fully saturated rings. The molecule has 5 heteroatoms. The highest BCUT2D eigenvalue weighted by Crippen LogP contribution is 2.64. The van der Waals surface area contributed by atoms with Gasteiger partial charge in [-0.25, -0.2) is 0 Å². The van der Waals surface area contributed by atoms with Crippen LogP contribution in [0.15, 0.2) is 0 Å². The Morgan fingerprint density at radius 3 is 2.00 bits per heavy atom. The molecule has 0 atom stereocenters. The maximum Gasteiger partial charge on any atom is 0.350 e. The predicted octanol–water partition coefficient (Wildman–Crippen LogP) is 2.09. The molecule has 2 N–H and O–H groups in total. The fourth-order valence-corrected chi connectivity index (χ4v) is 3.58. The molecule has 78 valence electrons. The van der Waals surface area contributed by atoms with Gasteiger partial charge in [-0.15, -0.1) is 0 Å². The Kier molecular flexibility index (Phi) is 3.52. The molecule has 1 aliphatic rings. The summed E-state index contributed by atoms with van der Waals surface area (Å²) in [7, 11) is -3.06. The largest absolute Gasteiger partial charge is 0.350 e. The van der Waals surface area contributed by atoms with Crippen molar-refractivity contribution in [1.29, 1.82) is 0 Å². The summed E-state index contributed by atoms with van der Waals surface area (Å²) < 4.78 is 22.5. The molecule has 0 radical (unpaired) electrons. The van der Waals surface area contributed by atoms with E-state index in [2.05, 4.69) is 0 Å². The van der Waals surface area contributed by atoms with Gasteiger partial charge in [-0.1, -0.05) is 0 Å². The van der Waals surface area contributed by atoms with Crippen LogP contribution in [0, 0.1) is 0 Å². The Morgan fingerprint density at radius 1 is 1.31 bits per heavy atom. The van der Waals surface area contributed by atoms with Crippen LogP contribution >= 0.6 is 7.60 Å². The first-order chi connectivity index (χ1) is 6.08. The molecule has 0 heterocycles. The molecule has 0 unspecified atom stereocenters. The van der Waals surface area contributed by atoms with Crippen molar-refractivity contribution in [2.75, 3.05) is 13.2 Å². The summed E-state index contributed by atoms with van der Waals surface area (Å²) in [5, 5.41) is -0.709. The molecule has 0 aromatic rings. The third kappa shape index (κ3) is 1.96. The van der Waals surface area contributed by atoms with Crippen LogP contribution in [0.2, 0.25) is 0 Å². The van der Waals surface area contributed by atoms with Crippen LogP contribution in [0.5, 0.6) is 0 Å². The number of hydrogen-bond donors (Lipinski definition) is 1. The molecule has 1 saturated carbocycles. The molecule has 0 spiro atoms. The summed E-state index contributed by atoms with van der Waals surface area (Å²) in [5.74, 6) is 0. The topological polar surface area (TPSA) is 61.5 Å². The Bertz CT molecular complexity index is 205. The molecule has 13 heavy (non-hydrogen) atoms. The van der Waals surface area contributed by atoms with Crippen molar-refractivity contribution in [2.45, 2.75) is 38.4 Å². The Hall–Kier alpha value is 0.110. The normalized spacial score (nSPS) is 21.2. The van der Waals surface area contributed by atoms with Gasteiger partial charge in [0.05, 0.1) is 13.2 Å². The standard InChI is InChI=1S/C8H18NO3P/c1-3-11-13(10,12-4-2)8(9)6-5-7-8/h3-7,9H2,1-2H3. The first-order valence-corrected chi connectivity index (χ1v) is 6.30. The van der Waals surface area contributed by atoms with E-state index in [1.54, 1.807) is 13.8 Å². The van der Waals surface area contributed by atoms with Gasteiger partial charge in [-0.05, 0) is 33.1 Å². The lowest BCUT2D eigenvalue weighted by molar-refractivity contribution is 0.170. The fraction of sp³-hybridized carbons (Fsp3) is 1.00. The van der Waals surface area contributed by atoms with E-state index >= 15 is 0 Å². The molecular weight excluding hydrogens is 189 g/mol. The Balaban J connectivity index is 2.71. The highest BCUT2D eigenvalue weighted by Gasteiger charge is 2.51. The zero-order valence-electron chi connectivity index (χ0n) is 8.28. The van der Waals surface area contributed by atoms with Crippen molar-refractivity contribution in [1.82, 2.24) is 0 Å². The minimum absolute atomic E-state index is 0.385. The monoisotopic (exact) mass is 207 g/mol. The maximum absolute atomic E-state index is 12.1. The zero-order chi connectivity index (χ0) is 9.95. The van der Waals surface area contributed by atoms with E-state index in [0.717, 1.165) is 19.3 Å². The quantitative estimate of drug-likeness (QED) is 0.701. The van der Waals surface area contributed by atoms with Crippen molar-refractivity contribution in [2.24, 2.45) is 5.73 Å².